The standard InChI is InChI=1S/C16H22BrClN2O2/c1-16(2,3)22-15(21)20-8-4-5-12(20)10-19-11-6-7-14(18)13(17)9-11/h6-7,9,12,19H,4-5,8,10H2,1-3H3. The monoisotopic (exact) mass is 388 g/mol. The number of carbonyl (C=O) groups is 1. The lowest BCUT2D eigenvalue weighted by Gasteiger charge is -2.29. The van der Waals surface area contributed by atoms with Crippen LogP contribution in [0, 0.1) is 0 Å². The molecule has 0 aliphatic carbocycles. The van der Waals surface area contributed by atoms with Gasteiger partial charge in [0.1, 0.15) is 5.60 Å². The normalized spacial score (nSPS) is 18.4. The van der Waals surface area contributed by atoms with Crippen molar-refractivity contribution in [3.63, 3.8) is 0 Å². The quantitative estimate of drug-likeness (QED) is 0.798. The Hall–Kier alpha value is -0.940. The number of likely N-dealkylation sites (tertiary alicyclic amines) is 1. The smallest absolute Gasteiger partial charge is 0.410 e. The topological polar surface area (TPSA) is 41.6 Å². The molecule has 4 nitrogen and oxygen atoms in total. The molecule has 1 saturated heterocycles. The van der Waals surface area contributed by atoms with E-state index in [0.29, 0.717) is 11.6 Å². The third kappa shape index (κ3) is 4.78. The van der Waals surface area contributed by atoms with Crippen molar-refractivity contribution < 1.29 is 9.53 Å². The molecular weight excluding hydrogens is 368 g/mol. The van der Waals surface area contributed by atoms with Crippen LogP contribution in [0.4, 0.5) is 10.5 Å². The predicted molar refractivity (Wildman–Crippen MR) is 93.6 cm³/mol. The van der Waals surface area contributed by atoms with E-state index in [1.165, 1.54) is 0 Å². The molecular formula is C16H22BrClN2O2. The van der Waals surface area contributed by atoms with Crippen molar-refractivity contribution in [1.29, 1.82) is 0 Å². The van der Waals surface area contributed by atoms with Crippen molar-refractivity contribution >= 4 is 39.3 Å². The summed E-state index contributed by atoms with van der Waals surface area (Å²) in [6.45, 7) is 7.12. The minimum Gasteiger partial charge on any atom is -0.444 e. The van der Waals surface area contributed by atoms with Crippen molar-refractivity contribution in [2.45, 2.75) is 45.3 Å². The van der Waals surface area contributed by atoms with Crippen LogP contribution in [0.15, 0.2) is 22.7 Å². The number of carbonyl (C=O) groups excluding carboxylic acids is 1. The van der Waals surface area contributed by atoms with Gasteiger partial charge in [-0.25, -0.2) is 4.79 Å². The van der Waals surface area contributed by atoms with Gasteiger partial charge in [0.2, 0.25) is 0 Å². The SMILES string of the molecule is CC(C)(C)OC(=O)N1CCCC1CNc1ccc(Cl)c(Br)c1. The largest absolute Gasteiger partial charge is 0.444 e. The molecule has 1 aliphatic rings. The molecule has 0 saturated carbocycles. The summed E-state index contributed by atoms with van der Waals surface area (Å²) in [5.41, 5.74) is 0.519. The van der Waals surface area contributed by atoms with Crippen LogP contribution in [-0.4, -0.2) is 35.7 Å². The molecule has 1 heterocycles. The summed E-state index contributed by atoms with van der Waals surface area (Å²) in [7, 11) is 0. The van der Waals surface area contributed by atoms with Crippen LogP contribution in [0.1, 0.15) is 33.6 Å². The maximum Gasteiger partial charge on any atom is 0.410 e. The maximum absolute atomic E-state index is 12.2. The van der Waals surface area contributed by atoms with Crippen molar-refractivity contribution in [3.05, 3.63) is 27.7 Å². The Bertz CT molecular complexity index is 545. The van der Waals surface area contributed by atoms with Crippen molar-refractivity contribution in [2.75, 3.05) is 18.4 Å². The van der Waals surface area contributed by atoms with Gasteiger partial charge in [0.15, 0.2) is 0 Å². The minimum atomic E-state index is -0.460. The zero-order chi connectivity index (χ0) is 16.3. The molecule has 22 heavy (non-hydrogen) atoms. The lowest BCUT2D eigenvalue weighted by atomic mass is 10.2. The second-order valence-corrected chi connectivity index (χ2v) is 7.74. The van der Waals surface area contributed by atoms with Gasteiger partial charge in [0.05, 0.1) is 11.1 Å². The molecule has 2 rings (SSSR count). The fourth-order valence-corrected chi connectivity index (χ4v) is 2.95. The Labute approximate surface area is 145 Å². The van der Waals surface area contributed by atoms with E-state index in [4.69, 9.17) is 16.3 Å². The molecule has 0 radical (unpaired) electrons. The number of benzene rings is 1. The predicted octanol–water partition coefficient (Wildman–Crippen LogP) is 4.91. The van der Waals surface area contributed by atoms with Gasteiger partial charge in [-0.1, -0.05) is 11.6 Å². The molecule has 6 heteroatoms. The Kier molecular flexibility index (Phi) is 5.61. The average molecular weight is 390 g/mol. The first-order valence-electron chi connectivity index (χ1n) is 7.45. The van der Waals surface area contributed by atoms with E-state index in [1.807, 2.05) is 43.9 Å². The van der Waals surface area contributed by atoms with E-state index in [1.54, 1.807) is 0 Å². The van der Waals surface area contributed by atoms with Crippen molar-refractivity contribution in [2.24, 2.45) is 0 Å². The highest BCUT2D eigenvalue weighted by Crippen LogP contribution is 2.26. The highest BCUT2D eigenvalue weighted by Gasteiger charge is 2.31. The van der Waals surface area contributed by atoms with E-state index < -0.39 is 5.60 Å². The molecule has 122 valence electrons. The van der Waals surface area contributed by atoms with Gasteiger partial charge in [-0.05, 0) is 67.7 Å². The van der Waals surface area contributed by atoms with Crippen LogP contribution in [0.3, 0.4) is 0 Å². The second kappa shape index (κ2) is 7.09. The first kappa shape index (κ1) is 17.4. The second-order valence-electron chi connectivity index (χ2n) is 6.48. The number of anilines is 1. The van der Waals surface area contributed by atoms with Gasteiger partial charge in [-0.3, -0.25) is 0 Å². The molecule has 0 aromatic heterocycles. The molecule has 1 amide bonds. The van der Waals surface area contributed by atoms with Crippen LogP contribution in [0.5, 0.6) is 0 Å². The Morgan fingerprint density at radius 2 is 2.23 bits per heavy atom. The third-order valence-electron chi connectivity index (χ3n) is 3.47. The molecule has 1 N–H and O–H groups in total. The summed E-state index contributed by atoms with van der Waals surface area (Å²) >= 11 is 9.40. The van der Waals surface area contributed by atoms with Gasteiger partial charge in [-0.2, -0.15) is 0 Å². The van der Waals surface area contributed by atoms with Crippen LogP contribution >= 0.6 is 27.5 Å². The van der Waals surface area contributed by atoms with Gasteiger partial charge < -0.3 is 15.0 Å². The van der Waals surface area contributed by atoms with E-state index in [0.717, 1.165) is 29.5 Å². The zero-order valence-electron chi connectivity index (χ0n) is 13.2. The Balaban J connectivity index is 1.93. The average Bonchev–Trinajstić information content (AvgIpc) is 2.87. The van der Waals surface area contributed by atoms with Crippen LogP contribution in [0.25, 0.3) is 0 Å². The molecule has 1 aromatic rings. The molecule has 1 fully saturated rings. The minimum absolute atomic E-state index is 0.157. The molecule has 1 atom stereocenters. The lowest BCUT2D eigenvalue weighted by Crippen LogP contribution is -2.42. The van der Waals surface area contributed by atoms with Gasteiger partial charge >= 0.3 is 6.09 Å². The van der Waals surface area contributed by atoms with Crippen LogP contribution in [-0.2, 0) is 4.74 Å². The summed E-state index contributed by atoms with van der Waals surface area (Å²) in [6.07, 6.45) is 1.77. The molecule has 1 aliphatic heterocycles. The van der Waals surface area contributed by atoms with Crippen LogP contribution in [0.2, 0.25) is 5.02 Å². The van der Waals surface area contributed by atoms with Crippen molar-refractivity contribution in [3.8, 4) is 0 Å². The number of nitrogens with zero attached hydrogens (tertiary/aromatic N) is 1. The van der Waals surface area contributed by atoms with Gasteiger partial charge in [0, 0.05) is 23.2 Å². The number of hydrogen-bond donors (Lipinski definition) is 1. The molecule has 0 spiro atoms. The number of amides is 1. The number of halogens is 2. The summed E-state index contributed by atoms with van der Waals surface area (Å²) < 4.78 is 6.33. The van der Waals surface area contributed by atoms with Crippen molar-refractivity contribution in [1.82, 2.24) is 4.90 Å². The number of nitrogens with one attached hydrogen (secondary N) is 1. The Morgan fingerprint density at radius 3 is 2.86 bits per heavy atom. The van der Waals surface area contributed by atoms with Gasteiger partial charge in [0.25, 0.3) is 0 Å². The number of rotatable bonds is 3. The number of hydrogen-bond acceptors (Lipinski definition) is 3. The van der Waals surface area contributed by atoms with E-state index in [9.17, 15) is 4.79 Å². The van der Waals surface area contributed by atoms with E-state index in [2.05, 4.69) is 21.2 Å². The summed E-state index contributed by atoms with van der Waals surface area (Å²) in [6, 6.07) is 5.87. The first-order valence-corrected chi connectivity index (χ1v) is 8.62. The highest BCUT2D eigenvalue weighted by atomic mass is 79.9. The Morgan fingerprint density at radius 1 is 1.50 bits per heavy atom. The van der Waals surface area contributed by atoms with E-state index in [-0.39, 0.29) is 12.1 Å². The highest BCUT2D eigenvalue weighted by molar-refractivity contribution is 9.10. The molecule has 0 bridgehead atoms. The summed E-state index contributed by atoms with van der Waals surface area (Å²) in [4.78, 5) is 14.1. The summed E-state index contributed by atoms with van der Waals surface area (Å²) in [5, 5.41) is 4.05. The maximum atomic E-state index is 12.2. The fraction of sp³-hybridized carbons (Fsp3) is 0.562. The molecule has 1 aromatic carbocycles. The van der Waals surface area contributed by atoms with E-state index >= 15 is 0 Å². The summed E-state index contributed by atoms with van der Waals surface area (Å²) in [5.74, 6) is 0. The van der Waals surface area contributed by atoms with Gasteiger partial charge in [-0.15, -0.1) is 0 Å². The number of ether oxygens (including phenoxy) is 1. The first-order chi connectivity index (χ1) is 10.3. The third-order valence-corrected chi connectivity index (χ3v) is 4.68. The zero-order valence-corrected chi connectivity index (χ0v) is 15.5. The lowest BCUT2D eigenvalue weighted by molar-refractivity contribution is 0.0235. The van der Waals surface area contributed by atoms with Crippen LogP contribution < -0.4 is 5.32 Å². The fourth-order valence-electron chi connectivity index (χ4n) is 2.45. The molecule has 1 unspecified atom stereocenters.